The quantitative estimate of drug-likeness (QED) is 0.812. The second-order valence-electron chi connectivity index (χ2n) is 7.97. The zero-order valence-electron chi connectivity index (χ0n) is 17.3. The highest BCUT2D eigenvalue weighted by Crippen LogP contribution is 2.31. The molecular weight excluding hydrogens is 356 g/mol. The summed E-state index contributed by atoms with van der Waals surface area (Å²) >= 11 is 0. The molecule has 2 aromatic rings. The van der Waals surface area contributed by atoms with Crippen LogP contribution in [0.1, 0.15) is 41.3 Å². The number of likely N-dealkylation sites (tertiary alicyclic amines) is 1. The lowest BCUT2D eigenvalue weighted by molar-refractivity contribution is 0.0339. The van der Waals surface area contributed by atoms with Crippen molar-refractivity contribution in [1.29, 1.82) is 0 Å². The number of H-pyrrole nitrogens is 1. The third-order valence-electron chi connectivity index (χ3n) is 6.03. The molecule has 1 atom stereocenters. The molecule has 0 amide bonds. The molecule has 0 bridgehead atoms. The number of aryl methyl sites for hydroxylation is 2. The molecule has 28 heavy (non-hydrogen) atoms. The van der Waals surface area contributed by atoms with E-state index in [-0.39, 0.29) is 0 Å². The Hall–Kier alpha value is -1.90. The molecule has 0 aliphatic carbocycles. The summed E-state index contributed by atoms with van der Waals surface area (Å²) in [6, 6.07) is 0. The van der Waals surface area contributed by atoms with E-state index in [0.29, 0.717) is 5.92 Å². The van der Waals surface area contributed by atoms with Crippen molar-refractivity contribution in [2.75, 3.05) is 46.5 Å². The SMILES string of the molecule is COc1c(CN2CCCC(c3[nH]ncc3CN3CCOCC3)C2)c(C)nn1C. The van der Waals surface area contributed by atoms with E-state index in [0.717, 1.165) is 64.1 Å². The highest BCUT2D eigenvalue weighted by atomic mass is 16.5. The highest BCUT2D eigenvalue weighted by molar-refractivity contribution is 5.31. The molecule has 4 heterocycles. The monoisotopic (exact) mass is 388 g/mol. The first-order chi connectivity index (χ1) is 13.7. The first-order valence-electron chi connectivity index (χ1n) is 10.3. The summed E-state index contributed by atoms with van der Waals surface area (Å²) in [5, 5.41) is 12.2. The van der Waals surface area contributed by atoms with Gasteiger partial charge >= 0.3 is 0 Å². The van der Waals surface area contributed by atoms with Gasteiger partial charge in [-0.15, -0.1) is 0 Å². The number of morpholine rings is 1. The zero-order chi connectivity index (χ0) is 19.5. The molecular formula is C20H32N6O2. The van der Waals surface area contributed by atoms with Gasteiger partial charge in [0.2, 0.25) is 5.88 Å². The average Bonchev–Trinajstić information content (AvgIpc) is 3.27. The van der Waals surface area contributed by atoms with Crippen molar-refractivity contribution in [3.63, 3.8) is 0 Å². The Kier molecular flexibility index (Phi) is 5.99. The van der Waals surface area contributed by atoms with Gasteiger partial charge < -0.3 is 9.47 Å². The van der Waals surface area contributed by atoms with Gasteiger partial charge in [0.15, 0.2) is 0 Å². The van der Waals surface area contributed by atoms with Gasteiger partial charge in [0.1, 0.15) is 0 Å². The number of piperidine rings is 1. The van der Waals surface area contributed by atoms with E-state index in [2.05, 4.69) is 32.0 Å². The molecule has 2 aliphatic rings. The van der Waals surface area contributed by atoms with Crippen molar-refractivity contribution < 1.29 is 9.47 Å². The molecule has 0 aromatic carbocycles. The molecule has 4 rings (SSSR count). The molecule has 2 aliphatic heterocycles. The number of methoxy groups -OCH3 is 1. The average molecular weight is 389 g/mol. The van der Waals surface area contributed by atoms with Crippen LogP contribution in [0.15, 0.2) is 6.20 Å². The Balaban J connectivity index is 1.44. The highest BCUT2D eigenvalue weighted by Gasteiger charge is 2.27. The maximum atomic E-state index is 5.58. The first kappa shape index (κ1) is 19.4. The standard InChI is InChI=1S/C20H32N6O2/c1-15-18(20(27-3)24(2)23-15)14-26-6-4-5-16(12-26)19-17(11-21-22-19)13-25-7-9-28-10-8-25/h11,16H,4-10,12-14H2,1-3H3,(H,21,22). The summed E-state index contributed by atoms with van der Waals surface area (Å²) in [6.07, 6.45) is 4.41. The lowest BCUT2D eigenvalue weighted by Crippen LogP contribution is -2.37. The van der Waals surface area contributed by atoms with Crippen LogP contribution in [0, 0.1) is 6.92 Å². The molecule has 0 radical (unpaired) electrons. The predicted octanol–water partition coefficient (Wildman–Crippen LogP) is 1.67. The van der Waals surface area contributed by atoms with Crippen molar-refractivity contribution in [3.05, 3.63) is 28.7 Å². The second-order valence-corrected chi connectivity index (χ2v) is 7.97. The minimum Gasteiger partial charge on any atom is -0.481 e. The fourth-order valence-electron chi connectivity index (χ4n) is 4.58. The van der Waals surface area contributed by atoms with E-state index in [1.165, 1.54) is 29.7 Å². The molecule has 8 heteroatoms. The molecule has 154 valence electrons. The third-order valence-corrected chi connectivity index (χ3v) is 6.03. The smallest absolute Gasteiger partial charge is 0.216 e. The summed E-state index contributed by atoms with van der Waals surface area (Å²) in [5.74, 6) is 1.37. The fraction of sp³-hybridized carbons (Fsp3) is 0.700. The van der Waals surface area contributed by atoms with E-state index in [1.807, 2.05) is 17.9 Å². The van der Waals surface area contributed by atoms with Gasteiger partial charge in [0.25, 0.3) is 0 Å². The summed E-state index contributed by atoms with van der Waals surface area (Å²) in [5.41, 5.74) is 4.90. The van der Waals surface area contributed by atoms with Crippen LogP contribution in [-0.2, 0) is 24.9 Å². The Morgan fingerprint density at radius 2 is 2.04 bits per heavy atom. The lowest BCUT2D eigenvalue weighted by atomic mass is 9.92. The molecule has 2 saturated heterocycles. The summed E-state index contributed by atoms with van der Waals surface area (Å²) in [7, 11) is 3.67. The Labute approximate surface area is 166 Å². The minimum atomic E-state index is 0.496. The van der Waals surface area contributed by atoms with E-state index in [1.54, 1.807) is 7.11 Å². The van der Waals surface area contributed by atoms with Gasteiger partial charge in [0, 0.05) is 56.9 Å². The van der Waals surface area contributed by atoms with Gasteiger partial charge in [-0.25, -0.2) is 4.68 Å². The number of nitrogens with zero attached hydrogens (tertiary/aromatic N) is 5. The topological polar surface area (TPSA) is 71.4 Å². The Morgan fingerprint density at radius 3 is 2.82 bits per heavy atom. The van der Waals surface area contributed by atoms with Crippen molar-refractivity contribution >= 4 is 0 Å². The van der Waals surface area contributed by atoms with E-state index in [4.69, 9.17) is 9.47 Å². The van der Waals surface area contributed by atoms with Crippen molar-refractivity contribution in [3.8, 4) is 5.88 Å². The van der Waals surface area contributed by atoms with Gasteiger partial charge in [-0.1, -0.05) is 0 Å². The number of ether oxygens (including phenoxy) is 2. The van der Waals surface area contributed by atoms with Gasteiger partial charge in [-0.3, -0.25) is 14.9 Å². The molecule has 1 N–H and O–H groups in total. The molecule has 0 spiro atoms. The van der Waals surface area contributed by atoms with Gasteiger partial charge in [-0.2, -0.15) is 10.2 Å². The maximum Gasteiger partial charge on any atom is 0.216 e. The molecule has 1 unspecified atom stereocenters. The van der Waals surface area contributed by atoms with Crippen LogP contribution in [-0.4, -0.2) is 76.3 Å². The van der Waals surface area contributed by atoms with Gasteiger partial charge in [0.05, 0.1) is 37.8 Å². The first-order valence-corrected chi connectivity index (χ1v) is 10.3. The third kappa shape index (κ3) is 4.09. The van der Waals surface area contributed by atoms with Crippen molar-refractivity contribution in [2.24, 2.45) is 7.05 Å². The molecule has 2 fully saturated rings. The van der Waals surface area contributed by atoms with Crippen LogP contribution >= 0.6 is 0 Å². The van der Waals surface area contributed by atoms with Gasteiger partial charge in [-0.05, 0) is 26.3 Å². The predicted molar refractivity (Wildman–Crippen MR) is 106 cm³/mol. The molecule has 2 aromatic heterocycles. The van der Waals surface area contributed by atoms with Crippen LogP contribution in [0.5, 0.6) is 5.88 Å². The Bertz CT molecular complexity index is 780. The summed E-state index contributed by atoms with van der Waals surface area (Å²) in [4.78, 5) is 4.99. The number of aromatic nitrogens is 4. The number of hydrogen-bond donors (Lipinski definition) is 1. The normalized spacial score (nSPS) is 21.9. The van der Waals surface area contributed by atoms with E-state index in [9.17, 15) is 0 Å². The van der Waals surface area contributed by atoms with Crippen molar-refractivity contribution in [2.45, 2.75) is 38.8 Å². The largest absolute Gasteiger partial charge is 0.481 e. The maximum absolute atomic E-state index is 5.58. The van der Waals surface area contributed by atoms with Crippen LogP contribution in [0.2, 0.25) is 0 Å². The molecule has 8 nitrogen and oxygen atoms in total. The Morgan fingerprint density at radius 1 is 1.21 bits per heavy atom. The second kappa shape index (κ2) is 8.63. The van der Waals surface area contributed by atoms with Crippen LogP contribution in [0.25, 0.3) is 0 Å². The van der Waals surface area contributed by atoms with Crippen LogP contribution in [0.4, 0.5) is 0 Å². The fourth-order valence-corrected chi connectivity index (χ4v) is 4.58. The number of nitrogens with one attached hydrogen (secondary N) is 1. The number of rotatable bonds is 6. The van der Waals surface area contributed by atoms with Crippen LogP contribution in [0.3, 0.4) is 0 Å². The lowest BCUT2D eigenvalue weighted by Gasteiger charge is -2.33. The van der Waals surface area contributed by atoms with Crippen molar-refractivity contribution in [1.82, 2.24) is 29.8 Å². The van der Waals surface area contributed by atoms with Crippen LogP contribution < -0.4 is 4.74 Å². The van der Waals surface area contributed by atoms with E-state index >= 15 is 0 Å². The minimum absolute atomic E-state index is 0.496. The molecule has 0 saturated carbocycles. The summed E-state index contributed by atoms with van der Waals surface area (Å²) < 4.78 is 12.9. The van der Waals surface area contributed by atoms with E-state index < -0.39 is 0 Å². The summed E-state index contributed by atoms with van der Waals surface area (Å²) in [6.45, 7) is 9.72. The number of aromatic amines is 1. The zero-order valence-corrected chi connectivity index (χ0v) is 17.3. The number of hydrogen-bond acceptors (Lipinski definition) is 6.